The van der Waals surface area contributed by atoms with E-state index in [1.807, 2.05) is 5.32 Å². The molecule has 0 aromatic carbocycles. The highest BCUT2D eigenvalue weighted by atomic mass is 32.2. The molecule has 7 nitrogen and oxygen atoms in total. The van der Waals surface area contributed by atoms with Crippen molar-refractivity contribution in [2.45, 2.75) is 31.1 Å². The van der Waals surface area contributed by atoms with Crippen molar-refractivity contribution in [1.29, 1.82) is 0 Å². The van der Waals surface area contributed by atoms with E-state index >= 15 is 0 Å². The molecule has 0 fully saturated rings. The summed E-state index contributed by atoms with van der Waals surface area (Å²) >= 11 is 0. The fourth-order valence-electron chi connectivity index (χ4n) is 2.08. The topological polar surface area (TPSA) is 86.4 Å². The summed E-state index contributed by atoms with van der Waals surface area (Å²) in [5.74, 6) is 0. The number of aromatic nitrogens is 4. The van der Waals surface area contributed by atoms with Crippen LogP contribution in [-0.4, -0.2) is 33.6 Å². The van der Waals surface area contributed by atoms with Gasteiger partial charge < -0.3 is 9.88 Å². The molecule has 3 heterocycles. The van der Waals surface area contributed by atoms with Crippen LogP contribution in [0.1, 0.15) is 11.3 Å². The molecule has 0 saturated carbocycles. The van der Waals surface area contributed by atoms with Gasteiger partial charge in [0.05, 0.1) is 24.6 Å². The van der Waals surface area contributed by atoms with E-state index < -0.39 is 23.0 Å². The normalized spacial score (nSPS) is 14.9. The molecule has 2 N–H and O–H groups in total. The summed E-state index contributed by atoms with van der Waals surface area (Å²) in [7, 11) is -3.92. The largest absolute Gasteiger partial charge is 0.337 e. The minimum absolute atomic E-state index is 0.289. The van der Waals surface area contributed by atoms with Crippen LogP contribution in [0.15, 0.2) is 23.7 Å². The molecule has 0 unspecified atom stereocenters. The molecule has 0 bridgehead atoms. The predicted molar refractivity (Wildman–Crippen MR) is 62.4 cm³/mol. The van der Waals surface area contributed by atoms with E-state index in [4.69, 9.17) is 0 Å². The van der Waals surface area contributed by atoms with Crippen LogP contribution in [0.4, 0.5) is 8.78 Å². The molecule has 0 spiro atoms. The van der Waals surface area contributed by atoms with Crippen molar-refractivity contribution in [2.24, 2.45) is 0 Å². The highest BCUT2D eigenvalue weighted by Gasteiger charge is 2.26. The van der Waals surface area contributed by atoms with Gasteiger partial charge in [-0.15, -0.1) is 0 Å². The standard InChI is InChI=1S/C10H11F2N5O2S/c11-9(12)4-16-5-10(14-6-16)20(18,19)17-3-7-1-13-2-8(7)15-17/h3,5-6,9,13H,1-2,4H2/p+1. The number of fused-ring (bicyclic) bond motifs is 1. The average Bonchev–Trinajstić information content (AvgIpc) is 3.00. The van der Waals surface area contributed by atoms with Gasteiger partial charge in [0.1, 0.15) is 18.8 Å². The molecule has 1 aliphatic rings. The van der Waals surface area contributed by atoms with E-state index in [0.29, 0.717) is 13.1 Å². The monoisotopic (exact) mass is 304 g/mol. The molecule has 10 heteroatoms. The predicted octanol–water partition coefficient (Wildman–Crippen LogP) is -0.841. The summed E-state index contributed by atoms with van der Waals surface area (Å²) in [4.78, 5) is 3.67. The van der Waals surface area contributed by atoms with Crippen molar-refractivity contribution in [3.05, 3.63) is 30.0 Å². The van der Waals surface area contributed by atoms with Crippen molar-refractivity contribution in [3.63, 3.8) is 0 Å². The highest BCUT2D eigenvalue weighted by molar-refractivity contribution is 7.89. The number of halogens is 2. The Morgan fingerprint density at radius 3 is 2.85 bits per heavy atom. The Kier molecular flexibility index (Phi) is 3.05. The molecule has 108 valence electrons. The zero-order valence-corrected chi connectivity index (χ0v) is 11.1. The van der Waals surface area contributed by atoms with Crippen LogP contribution in [0.3, 0.4) is 0 Å². The third-order valence-electron chi connectivity index (χ3n) is 3.03. The first-order valence-electron chi connectivity index (χ1n) is 5.91. The maximum Gasteiger partial charge on any atom is 0.301 e. The lowest BCUT2D eigenvalue weighted by Crippen LogP contribution is -2.77. The van der Waals surface area contributed by atoms with E-state index in [2.05, 4.69) is 10.1 Å². The van der Waals surface area contributed by atoms with Gasteiger partial charge in [0.2, 0.25) is 0 Å². The number of alkyl halides is 2. The Balaban J connectivity index is 1.92. The molecule has 0 amide bonds. The second-order valence-corrected chi connectivity index (χ2v) is 6.22. The first-order chi connectivity index (χ1) is 9.46. The quantitative estimate of drug-likeness (QED) is 0.798. The van der Waals surface area contributed by atoms with Crippen LogP contribution in [0.5, 0.6) is 0 Å². The fraction of sp³-hybridized carbons (Fsp3) is 0.400. The minimum Gasteiger partial charge on any atom is -0.337 e. The molecule has 20 heavy (non-hydrogen) atoms. The second kappa shape index (κ2) is 4.63. The lowest BCUT2D eigenvalue weighted by molar-refractivity contribution is -0.676. The lowest BCUT2D eigenvalue weighted by atomic mass is 10.3. The molecule has 1 aliphatic heterocycles. The van der Waals surface area contributed by atoms with Gasteiger partial charge in [0, 0.05) is 6.20 Å². The smallest absolute Gasteiger partial charge is 0.301 e. The number of rotatable bonds is 4. The van der Waals surface area contributed by atoms with Crippen LogP contribution in [0, 0.1) is 0 Å². The van der Waals surface area contributed by atoms with Crippen LogP contribution in [0.2, 0.25) is 0 Å². The number of nitrogens with two attached hydrogens (primary N) is 1. The van der Waals surface area contributed by atoms with Gasteiger partial charge in [-0.2, -0.15) is 17.6 Å². The summed E-state index contributed by atoms with van der Waals surface area (Å²) in [5.41, 5.74) is 1.58. The van der Waals surface area contributed by atoms with Crippen molar-refractivity contribution in [2.75, 3.05) is 0 Å². The van der Waals surface area contributed by atoms with Gasteiger partial charge in [-0.25, -0.2) is 13.8 Å². The Morgan fingerprint density at radius 2 is 2.15 bits per heavy atom. The Hall–Kier alpha value is -1.81. The zero-order valence-electron chi connectivity index (χ0n) is 10.3. The molecular formula is C10H12F2N5O2S+. The van der Waals surface area contributed by atoms with Crippen LogP contribution in [-0.2, 0) is 29.7 Å². The van der Waals surface area contributed by atoms with E-state index in [9.17, 15) is 17.2 Å². The van der Waals surface area contributed by atoms with E-state index in [1.165, 1.54) is 6.20 Å². The van der Waals surface area contributed by atoms with Gasteiger partial charge >= 0.3 is 10.0 Å². The summed E-state index contributed by atoms with van der Waals surface area (Å²) in [6.07, 6.45) is 1.04. The summed E-state index contributed by atoms with van der Waals surface area (Å²) < 4.78 is 50.9. The van der Waals surface area contributed by atoms with E-state index in [1.54, 1.807) is 0 Å². The average molecular weight is 304 g/mol. The zero-order chi connectivity index (χ0) is 14.3. The first-order valence-corrected chi connectivity index (χ1v) is 7.35. The van der Waals surface area contributed by atoms with Gasteiger partial charge in [-0.05, 0) is 0 Å². The Morgan fingerprint density at radius 1 is 1.35 bits per heavy atom. The van der Waals surface area contributed by atoms with Gasteiger partial charge in [0.15, 0.2) is 5.03 Å². The van der Waals surface area contributed by atoms with Crippen molar-refractivity contribution < 1.29 is 22.5 Å². The van der Waals surface area contributed by atoms with Crippen LogP contribution >= 0.6 is 0 Å². The van der Waals surface area contributed by atoms with Crippen molar-refractivity contribution in [3.8, 4) is 0 Å². The van der Waals surface area contributed by atoms with Gasteiger partial charge in [-0.1, -0.05) is 0 Å². The third-order valence-corrected chi connectivity index (χ3v) is 4.45. The van der Waals surface area contributed by atoms with Crippen LogP contribution < -0.4 is 5.32 Å². The summed E-state index contributed by atoms with van der Waals surface area (Å²) in [5, 5.41) is 5.73. The second-order valence-electron chi connectivity index (χ2n) is 4.48. The number of hydrogen-bond acceptors (Lipinski definition) is 4. The molecular weight excluding hydrogens is 292 g/mol. The van der Waals surface area contributed by atoms with E-state index in [0.717, 1.165) is 32.4 Å². The van der Waals surface area contributed by atoms with Crippen molar-refractivity contribution in [1.82, 2.24) is 18.7 Å². The molecule has 3 rings (SSSR count). The SMILES string of the molecule is O=S(=O)(c1cn(CC(F)F)cn1)n1cc2c(n1)C[NH2+]C2. The maximum absolute atomic E-state index is 12.3. The molecule has 0 radical (unpaired) electrons. The van der Waals surface area contributed by atoms with Gasteiger partial charge in [-0.3, -0.25) is 0 Å². The highest BCUT2D eigenvalue weighted by Crippen LogP contribution is 2.15. The summed E-state index contributed by atoms with van der Waals surface area (Å²) in [6, 6.07) is 0. The number of hydrogen-bond donors (Lipinski definition) is 1. The molecule has 2 aromatic heterocycles. The Bertz CT molecular complexity index is 715. The number of imidazole rings is 1. The summed E-state index contributed by atoms with van der Waals surface area (Å²) in [6.45, 7) is 0.732. The molecule has 0 aliphatic carbocycles. The van der Waals surface area contributed by atoms with Crippen LogP contribution in [0.25, 0.3) is 0 Å². The fourth-order valence-corrected chi connectivity index (χ4v) is 3.19. The molecule has 2 aromatic rings. The Labute approximate surface area is 113 Å². The molecule has 0 saturated heterocycles. The third kappa shape index (κ3) is 2.20. The maximum atomic E-state index is 12.3. The van der Waals surface area contributed by atoms with Gasteiger partial charge in [0.25, 0.3) is 6.43 Å². The van der Waals surface area contributed by atoms with Crippen molar-refractivity contribution >= 4 is 10.0 Å². The number of quaternary nitrogens is 1. The molecule has 0 atom stereocenters. The number of nitrogens with zero attached hydrogens (tertiary/aromatic N) is 4. The lowest BCUT2D eigenvalue weighted by Gasteiger charge is -2.01. The first kappa shape index (κ1) is 13.2. The van der Waals surface area contributed by atoms with E-state index in [-0.39, 0.29) is 5.03 Å². The minimum atomic E-state index is -3.92.